The van der Waals surface area contributed by atoms with Crippen molar-refractivity contribution in [2.45, 2.75) is 13.8 Å². The zero-order valence-electron chi connectivity index (χ0n) is 16.3. The van der Waals surface area contributed by atoms with Crippen LogP contribution in [-0.2, 0) is 14.3 Å². The van der Waals surface area contributed by atoms with Crippen LogP contribution in [-0.4, -0.2) is 47.3 Å². The Balaban J connectivity index is 2.00. The van der Waals surface area contributed by atoms with Gasteiger partial charge < -0.3 is 14.0 Å². The average molecular weight is 435 g/mol. The van der Waals surface area contributed by atoms with Gasteiger partial charge >= 0.3 is 5.97 Å². The van der Waals surface area contributed by atoms with E-state index in [0.717, 1.165) is 39.3 Å². The number of methoxy groups -OCH3 is 2. The van der Waals surface area contributed by atoms with Crippen LogP contribution in [0.4, 0.5) is 4.79 Å². The second-order valence-electron chi connectivity index (χ2n) is 6.32. The van der Waals surface area contributed by atoms with E-state index in [-0.39, 0.29) is 4.91 Å². The van der Waals surface area contributed by atoms with Crippen LogP contribution in [0.15, 0.2) is 29.2 Å². The molecule has 2 aromatic rings. The van der Waals surface area contributed by atoms with E-state index in [1.165, 1.54) is 7.11 Å². The second-order valence-corrected chi connectivity index (χ2v) is 7.75. The number of imide groups is 1. The maximum Gasteiger partial charge on any atom is 0.325 e. The molecule has 1 aromatic heterocycles. The highest BCUT2D eigenvalue weighted by atomic mass is 35.5. The molecule has 3 rings (SSSR count). The molecule has 0 unspecified atom stereocenters. The monoisotopic (exact) mass is 434 g/mol. The minimum Gasteiger partial charge on any atom is -0.495 e. The summed E-state index contributed by atoms with van der Waals surface area (Å²) < 4.78 is 12.0. The van der Waals surface area contributed by atoms with Crippen molar-refractivity contribution >= 4 is 46.6 Å². The smallest absolute Gasteiger partial charge is 0.325 e. The average Bonchev–Trinajstić information content (AvgIpc) is 3.11. The molecule has 0 radical (unpaired) electrons. The highest BCUT2D eigenvalue weighted by molar-refractivity contribution is 8.18. The third kappa shape index (κ3) is 4.04. The molecule has 29 heavy (non-hydrogen) atoms. The van der Waals surface area contributed by atoms with Crippen molar-refractivity contribution in [3.63, 3.8) is 0 Å². The molecule has 1 aliphatic rings. The lowest BCUT2D eigenvalue weighted by atomic mass is 10.2. The lowest BCUT2D eigenvalue weighted by molar-refractivity contribution is -0.143. The molecule has 0 N–H and O–H groups in total. The molecule has 2 heterocycles. The molecule has 1 fully saturated rings. The first-order valence-electron chi connectivity index (χ1n) is 8.61. The van der Waals surface area contributed by atoms with Gasteiger partial charge in [0.2, 0.25) is 0 Å². The maximum atomic E-state index is 12.6. The van der Waals surface area contributed by atoms with Gasteiger partial charge in [-0.05, 0) is 61.5 Å². The number of aromatic nitrogens is 1. The van der Waals surface area contributed by atoms with Crippen LogP contribution in [0.25, 0.3) is 11.8 Å². The van der Waals surface area contributed by atoms with Gasteiger partial charge in [-0.2, -0.15) is 0 Å². The third-order valence-electron chi connectivity index (χ3n) is 4.53. The van der Waals surface area contributed by atoms with Crippen LogP contribution < -0.4 is 4.74 Å². The second kappa shape index (κ2) is 8.34. The molecule has 1 aliphatic heterocycles. The molecule has 2 amide bonds. The summed E-state index contributed by atoms with van der Waals surface area (Å²) in [5.41, 5.74) is 3.30. The van der Waals surface area contributed by atoms with E-state index in [4.69, 9.17) is 16.3 Å². The zero-order chi connectivity index (χ0) is 21.3. The number of ether oxygens (including phenoxy) is 2. The van der Waals surface area contributed by atoms with Crippen LogP contribution >= 0.6 is 23.4 Å². The van der Waals surface area contributed by atoms with Gasteiger partial charge in [-0.25, -0.2) is 0 Å². The first kappa shape index (κ1) is 21.0. The number of benzene rings is 1. The summed E-state index contributed by atoms with van der Waals surface area (Å²) in [6, 6.07) is 7.24. The normalized spacial score (nSPS) is 15.3. The summed E-state index contributed by atoms with van der Waals surface area (Å²) in [6.07, 6.45) is 1.65. The zero-order valence-corrected chi connectivity index (χ0v) is 17.9. The van der Waals surface area contributed by atoms with E-state index in [1.54, 1.807) is 31.4 Å². The number of carbonyl (C=O) groups excluding carboxylic acids is 3. The van der Waals surface area contributed by atoms with Crippen LogP contribution in [0.1, 0.15) is 17.0 Å². The highest BCUT2D eigenvalue weighted by Crippen LogP contribution is 2.35. The lowest BCUT2D eigenvalue weighted by Crippen LogP contribution is -2.34. The van der Waals surface area contributed by atoms with E-state index in [9.17, 15) is 14.4 Å². The lowest BCUT2D eigenvalue weighted by Gasteiger charge is -2.14. The number of rotatable bonds is 5. The largest absolute Gasteiger partial charge is 0.495 e. The molecular formula is C20H19ClN2O5S. The van der Waals surface area contributed by atoms with E-state index in [2.05, 4.69) is 4.74 Å². The Morgan fingerprint density at radius 3 is 2.59 bits per heavy atom. The standard InChI is InChI=1S/C20H19ClN2O5S/c1-11-7-13(8-17-19(25)22(20(26)29-17)10-18(24)28-4)12(2)23(11)15-9-14(21)5-6-16(15)27-3/h5-9H,10H2,1-4H3/b17-8-. The summed E-state index contributed by atoms with van der Waals surface area (Å²) in [5.74, 6) is -0.517. The van der Waals surface area contributed by atoms with Crippen molar-refractivity contribution in [2.24, 2.45) is 0 Å². The van der Waals surface area contributed by atoms with E-state index in [0.29, 0.717) is 10.8 Å². The van der Waals surface area contributed by atoms with Crippen molar-refractivity contribution in [2.75, 3.05) is 20.8 Å². The highest BCUT2D eigenvalue weighted by Gasteiger charge is 2.36. The summed E-state index contributed by atoms with van der Waals surface area (Å²) in [7, 11) is 2.79. The number of amides is 2. The Labute approximate surface area is 177 Å². The first-order chi connectivity index (χ1) is 13.8. The Bertz CT molecular complexity index is 1040. The fourth-order valence-corrected chi connectivity index (χ4v) is 4.11. The number of hydrogen-bond acceptors (Lipinski definition) is 6. The number of aryl methyl sites for hydroxylation is 1. The SMILES string of the molecule is COC(=O)CN1C(=O)S/C(=C\c2cc(C)n(-c3cc(Cl)ccc3OC)c2C)C1=O. The molecule has 7 nitrogen and oxygen atoms in total. The Kier molecular flexibility index (Phi) is 6.04. The van der Waals surface area contributed by atoms with Gasteiger partial charge in [0.1, 0.15) is 12.3 Å². The molecule has 152 valence electrons. The number of hydrogen-bond donors (Lipinski definition) is 0. The van der Waals surface area contributed by atoms with Crippen LogP contribution in [0.3, 0.4) is 0 Å². The number of esters is 1. The number of halogens is 1. The minimum atomic E-state index is -0.653. The summed E-state index contributed by atoms with van der Waals surface area (Å²) >= 11 is 6.96. The van der Waals surface area contributed by atoms with E-state index < -0.39 is 23.7 Å². The Morgan fingerprint density at radius 2 is 1.93 bits per heavy atom. The molecule has 0 spiro atoms. The van der Waals surface area contributed by atoms with Crippen LogP contribution in [0.2, 0.25) is 5.02 Å². The summed E-state index contributed by atoms with van der Waals surface area (Å²) in [4.78, 5) is 37.2. The fourth-order valence-electron chi connectivity index (χ4n) is 3.11. The number of thioether (sulfide) groups is 1. The van der Waals surface area contributed by atoms with Crippen LogP contribution in [0.5, 0.6) is 5.75 Å². The van der Waals surface area contributed by atoms with E-state index in [1.807, 2.05) is 24.5 Å². The van der Waals surface area contributed by atoms with Crippen molar-refractivity contribution in [3.05, 3.63) is 51.1 Å². The molecule has 1 aromatic carbocycles. The van der Waals surface area contributed by atoms with E-state index >= 15 is 0 Å². The molecule has 1 saturated heterocycles. The Morgan fingerprint density at radius 1 is 1.21 bits per heavy atom. The van der Waals surface area contributed by atoms with Gasteiger partial charge in [-0.3, -0.25) is 19.3 Å². The van der Waals surface area contributed by atoms with Gasteiger partial charge in [0, 0.05) is 16.4 Å². The minimum absolute atomic E-state index is 0.247. The number of nitrogens with zero attached hydrogens (tertiary/aromatic N) is 2. The van der Waals surface area contributed by atoms with Crippen molar-refractivity contribution in [1.29, 1.82) is 0 Å². The van der Waals surface area contributed by atoms with Gasteiger partial charge in [-0.1, -0.05) is 11.6 Å². The predicted molar refractivity (Wildman–Crippen MR) is 111 cm³/mol. The third-order valence-corrected chi connectivity index (χ3v) is 5.67. The van der Waals surface area contributed by atoms with Crippen molar-refractivity contribution in [3.8, 4) is 11.4 Å². The van der Waals surface area contributed by atoms with Crippen LogP contribution in [0, 0.1) is 13.8 Å². The fraction of sp³-hybridized carbons (Fsp3) is 0.250. The topological polar surface area (TPSA) is 77.8 Å². The van der Waals surface area contributed by atoms with Gasteiger partial charge in [0.15, 0.2) is 0 Å². The summed E-state index contributed by atoms with van der Waals surface area (Å²) in [6.45, 7) is 3.42. The maximum absolute atomic E-state index is 12.6. The molecule has 0 aliphatic carbocycles. The summed E-state index contributed by atoms with van der Waals surface area (Å²) in [5, 5.41) is 0.0655. The molecule has 9 heteroatoms. The molecular weight excluding hydrogens is 416 g/mol. The van der Waals surface area contributed by atoms with Gasteiger partial charge in [0.25, 0.3) is 11.1 Å². The molecule has 0 atom stereocenters. The molecule has 0 bridgehead atoms. The Hall–Kier alpha value is -2.71. The number of carbonyl (C=O) groups is 3. The van der Waals surface area contributed by atoms with Gasteiger partial charge in [-0.15, -0.1) is 0 Å². The first-order valence-corrected chi connectivity index (χ1v) is 9.81. The van der Waals surface area contributed by atoms with Crippen molar-refractivity contribution < 1.29 is 23.9 Å². The van der Waals surface area contributed by atoms with Gasteiger partial charge in [0.05, 0.1) is 24.8 Å². The van der Waals surface area contributed by atoms with Crippen molar-refractivity contribution in [1.82, 2.24) is 9.47 Å². The predicted octanol–water partition coefficient (Wildman–Crippen LogP) is 3.97. The molecule has 0 saturated carbocycles. The quantitative estimate of drug-likeness (QED) is 0.523.